The first-order valence-electron chi connectivity index (χ1n) is 9.86. The van der Waals surface area contributed by atoms with Crippen molar-refractivity contribution in [3.8, 4) is 11.8 Å². The number of fused-ring (bicyclic) bond motifs is 1. The van der Waals surface area contributed by atoms with Crippen molar-refractivity contribution in [1.29, 1.82) is 5.26 Å². The zero-order valence-electron chi connectivity index (χ0n) is 16.5. The van der Waals surface area contributed by atoms with Crippen molar-refractivity contribution >= 4 is 23.5 Å². The fourth-order valence-electron chi connectivity index (χ4n) is 3.81. The molecule has 0 atom stereocenters. The van der Waals surface area contributed by atoms with E-state index in [1.165, 1.54) is 11.8 Å². The standard InChI is InChI=1S/C22H22N6OS/c1-2-12-27-15-24-26-22(27)30-14-20(29)25-21-18(13-23)17-10-6-7-11-19(17)28(21)16-8-4-3-5-9-16/h2-5,8-9,15H,1,6-7,10-12,14H2,(H,25,29). The van der Waals surface area contributed by atoms with Gasteiger partial charge in [0.2, 0.25) is 5.91 Å². The molecule has 3 aromatic rings. The maximum absolute atomic E-state index is 12.8. The number of rotatable bonds is 7. The highest BCUT2D eigenvalue weighted by atomic mass is 32.2. The zero-order chi connectivity index (χ0) is 20.9. The van der Waals surface area contributed by atoms with Crippen molar-refractivity contribution in [3.05, 3.63) is 66.1 Å². The summed E-state index contributed by atoms with van der Waals surface area (Å²) in [6.45, 7) is 4.30. The van der Waals surface area contributed by atoms with Gasteiger partial charge in [-0.1, -0.05) is 36.0 Å². The van der Waals surface area contributed by atoms with Gasteiger partial charge in [0, 0.05) is 17.9 Å². The molecule has 0 radical (unpaired) electrons. The number of para-hydroxylation sites is 1. The molecule has 0 fully saturated rings. The van der Waals surface area contributed by atoms with Gasteiger partial charge in [0.1, 0.15) is 18.2 Å². The van der Waals surface area contributed by atoms with E-state index in [4.69, 9.17) is 0 Å². The van der Waals surface area contributed by atoms with E-state index in [1.54, 1.807) is 12.4 Å². The maximum Gasteiger partial charge on any atom is 0.236 e. The van der Waals surface area contributed by atoms with Crippen LogP contribution in [0.3, 0.4) is 0 Å². The molecule has 0 bridgehead atoms. The fourth-order valence-corrected chi connectivity index (χ4v) is 4.54. The Morgan fingerprint density at radius 1 is 1.30 bits per heavy atom. The molecule has 1 aliphatic carbocycles. The number of carbonyl (C=O) groups is 1. The van der Waals surface area contributed by atoms with Gasteiger partial charge in [0.05, 0.1) is 11.3 Å². The average molecular weight is 419 g/mol. The molecule has 7 nitrogen and oxygen atoms in total. The Morgan fingerprint density at radius 3 is 2.87 bits per heavy atom. The number of carbonyl (C=O) groups excluding carboxylic acids is 1. The molecule has 0 saturated heterocycles. The predicted molar refractivity (Wildman–Crippen MR) is 117 cm³/mol. The fraction of sp³-hybridized carbons (Fsp3) is 0.273. The molecule has 8 heteroatoms. The summed E-state index contributed by atoms with van der Waals surface area (Å²) in [6, 6.07) is 12.2. The number of thioether (sulfide) groups is 1. The molecule has 0 saturated carbocycles. The number of allylic oxidation sites excluding steroid dienone is 1. The van der Waals surface area contributed by atoms with Crippen LogP contribution in [-0.2, 0) is 24.2 Å². The summed E-state index contributed by atoms with van der Waals surface area (Å²) in [5.41, 5.74) is 3.70. The monoisotopic (exact) mass is 418 g/mol. The van der Waals surface area contributed by atoms with Crippen molar-refractivity contribution in [2.45, 2.75) is 37.4 Å². The highest BCUT2D eigenvalue weighted by molar-refractivity contribution is 7.99. The average Bonchev–Trinajstić information content (AvgIpc) is 3.34. The molecular formula is C22H22N6OS. The minimum atomic E-state index is -0.184. The van der Waals surface area contributed by atoms with Crippen molar-refractivity contribution in [3.63, 3.8) is 0 Å². The normalized spacial score (nSPS) is 12.8. The molecule has 4 rings (SSSR count). The highest BCUT2D eigenvalue weighted by Gasteiger charge is 2.26. The minimum Gasteiger partial charge on any atom is -0.310 e. The van der Waals surface area contributed by atoms with E-state index in [-0.39, 0.29) is 11.7 Å². The molecule has 2 heterocycles. The summed E-state index contributed by atoms with van der Waals surface area (Å²) >= 11 is 1.31. The van der Waals surface area contributed by atoms with Crippen LogP contribution >= 0.6 is 11.8 Å². The number of hydrogen-bond acceptors (Lipinski definition) is 5. The lowest BCUT2D eigenvalue weighted by Crippen LogP contribution is -2.18. The molecule has 1 aromatic carbocycles. The molecule has 0 aliphatic heterocycles. The van der Waals surface area contributed by atoms with Crippen LogP contribution in [0.2, 0.25) is 0 Å². The second-order valence-electron chi connectivity index (χ2n) is 7.03. The molecule has 2 aromatic heterocycles. The minimum absolute atomic E-state index is 0.172. The number of nitrogens with zero attached hydrogens (tertiary/aromatic N) is 5. The van der Waals surface area contributed by atoms with Crippen LogP contribution in [0.15, 0.2) is 54.5 Å². The van der Waals surface area contributed by atoms with Crippen LogP contribution in [0.25, 0.3) is 5.69 Å². The summed E-state index contributed by atoms with van der Waals surface area (Å²) in [7, 11) is 0. The SMILES string of the molecule is C=CCn1cnnc1SCC(=O)Nc1c(C#N)c2c(n1-c1ccccc1)CCCC2. The van der Waals surface area contributed by atoms with Crippen molar-refractivity contribution in [1.82, 2.24) is 19.3 Å². The maximum atomic E-state index is 12.8. The van der Waals surface area contributed by atoms with Crippen LogP contribution in [0.1, 0.15) is 29.7 Å². The van der Waals surface area contributed by atoms with E-state index in [1.807, 2.05) is 39.5 Å². The largest absolute Gasteiger partial charge is 0.310 e. The Hall–Kier alpha value is -3.31. The molecule has 30 heavy (non-hydrogen) atoms. The third kappa shape index (κ3) is 3.89. The van der Waals surface area contributed by atoms with Gasteiger partial charge in [-0.3, -0.25) is 9.36 Å². The van der Waals surface area contributed by atoms with Crippen LogP contribution in [0, 0.1) is 11.3 Å². The third-order valence-electron chi connectivity index (χ3n) is 5.09. The molecule has 1 N–H and O–H groups in total. The lowest BCUT2D eigenvalue weighted by molar-refractivity contribution is -0.113. The Labute approximate surface area is 179 Å². The van der Waals surface area contributed by atoms with Crippen LogP contribution in [-0.4, -0.2) is 31.0 Å². The lowest BCUT2D eigenvalue weighted by atomic mass is 9.95. The van der Waals surface area contributed by atoms with Gasteiger partial charge in [-0.2, -0.15) is 5.26 Å². The van der Waals surface area contributed by atoms with E-state index in [0.29, 0.717) is 23.1 Å². The number of hydrogen-bond donors (Lipinski definition) is 1. The smallest absolute Gasteiger partial charge is 0.236 e. The van der Waals surface area contributed by atoms with Crippen molar-refractivity contribution in [2.75, 3.05) is 11.1 Å². The number of nitrogens with one attached hydrogen (secondary N) is 1. The second-order valence-corrected chi connectivity index (χ2v) is 7.97. The van der Waals surface area contributed by atoms with Gasteiger partial charge < -0.3 is 9.88 Å². The number of anilines is 1. The van der Waals surface area contributed by atoms with Crippen molar-refractivity contribution in [2.24, 2.45) is 0 Å². The molecule has 0 spiro atoms. The van der Waals surface area contributed by atoms with Gasteiger partial charge in [-0.05, 0) is 43.4 Å². The first-order valence-corrected chi connectivity index (χ1v) is 10.8. The summed E-state index contributed by atoms with van der Waals surface area (Å²) < 4.78 is 3.87. The quantitative estimate of drug-likeness (QED) is 0.466. The van der Waals surface area contributed by atoms with E-state index in [0.717, 1.165) is 42.6 Å². The summed E-state index contributed by atoms with van der Waals surface area (Å²) in [4.78, 5) is 12.8. The Morgan fingerprint density at radius 2 is 2.10 bits per heavy atom. The number of aromatic nitrogens is 4. The van der Waals surface area contributed by atoms with Gasteiger partial charge in [-0.15, -0.1) is 16.8 Å². The van der Waals surface area contributed by atoms with Gasteiger partial charge in [0.25, 0.3) is 0 Å². The Kier molecular flexibility index (Phi) is 6.00. The van der Waals surface area contributed by atoms with E-state index >= 15 is 0 Å². The van der Waals surface area contributed by atoms with Crippen molar-refractivity contribution < 1.29 is 4.79 Å². The summed E-state index contributed by atoms with van der Waals surface area (Å²) in [5.74, 6) is 0.552. The van der Waals surface area contributed by atoms with Crippen LogP contribution in [0.4, 0.5) is 5.82 Å². The number of benzene rings is 1. The molecule has 1 amide bonds. The lowest BCUT2D eigenvalue weighted by Gasteiger charge is -2.17. The second kappa shape index (κ2) is 9.01. The molecule has 1 aliphatic rings. The van der Waals surface area contributed by atoms with E-state index in [9.17, 15) is 10.1 Å². The van der Waals surface area contributed by atoms with Crippen LogP contribution in [0.5, 0.6) is 0 Å². The molecule has 152 valence electrons. The number of amides is 1. The van der Waals surface area contributed by atoms with Gasteiger partial charge in [0.15, 0.2) is 5.16 Å². The predicted octanol–water partition coefficient (Wildman–Crippen LogP) is 3.74. The van der Waals surface area contributed by atoms with Gasteiger partial charge in [-0.25, -0.2) is 0 Å². The first-order chi connectivity index (χ1) is 14.7. The number of nitriles is 1. The first kappa shape index (κ1) is 20.0. The Bertz CT molecular complexity index is 1110. The van der Waals surface area contributed by atoms with E-state index in [2.05, 4.69) is 28.2 Å². The molecule has 0 unspecified atom stereocenters. The third-order valence-corrected chi connectivity index (χ3v) is 6.07. The summed E-state index contributed by atoms with van der Waals surface area (Å²) in [5, 5.41) is 21.5. The van der Waals surface area contributed by atoms with Gasteiger partial charge >= 0.3 is 0 Å². The highest BCUT2D eigenvalue weighted by Crippen LogP contribution is 2.35. The zero-order valence-corrected chi connectivity index (χ0v) is 17.4. The topological polar surface area (TPSA) is 88.5 Å². The molecular weight excluding hydrogens is 396 g/mol. The Balaban J connectivity index is 1.62. The summed E-state index contributed by atoms with van der Waals surface area (Å²) in [6.07, 6.45) is 7.27. The van der Waals surface area contributed by atoms with Crippen LogP contribution < -0.4 is 5.32 Å². The van der Waals surface area contributed by atoms with E-state index < -0.39 is 0 Å².